The van der Waals surface area contributed by atoms with E-state index in [4.69, 9.17) is 0 Å². The maximum Gasteiger partial charge on any atom is 0.257 e. The zero-order valence-corrected chi connectivity index (χ0v) is 14.2. The molecule has 4 nitrogen and oxygen atoms in total. The molecule has 6 rings (SSSR count). The van der Waals surface area contributed by atoms with E-state index >= 15 is 0 Å². The normalized spacial score (nSPS) is 34.0. The third kappa shape index (κ3) is 2.41. The second-order valence-corrected chi connectivity index (χ2v) is 8.01. The molecule has 2 bridgehead atoms. The highest BCUT2D eigenvalue weighted by Gasteiger charge is 2.43. The summed E-state index contributed by atoms with van der Waals surface area (Å²) in [7, 11) is 0. The summed E-state index contributed by atoms with van der Waals surface area (Å²) in [4.78, 5) is 14.6. The third-order valence-electron chi connectivity index (χ3n) is 6.48. The lowest BCUT2D eigenvalue weighted by Gasteiger charge is -2.47. The Kier molecular flexibility index (Phi) is 3.61. The zero-order valence-electron chi connectivity index (χ0n) is 14.2. The third-order valence-corrected chi connectivity index (χ3v) is 6.48. The number of rotatable bonds is 2. The number of carbonyl (C=O) groups is 1. The molecule has 0 radical (unpaired) electrons. The second kappa shape index (κ2) is 5.74. The fraction of sp³-hybridized carbons (Fsp3) is 0.632. The van der Waals surface area contributed by atoms with Crippen molar-refractivity contribution >= 4 is 5.91 Å². The summed E-state index contributed by atoms with van der Waals surface area (Å²) in [6, 6.07) is 1.90. The van der Waals surface area contributed by atoms with Gasteiger partial charge in [0, 0.05) is 37.3 Å². The Morgan fingerprint density at radius 2 is 1.88 bits per heavy atom. The first-order chi connectivity index (χ1) is 12.1. The first kappa shape index (κ1) is 15.7. The molecule has 134 valence electrons. The van der Waals surface area contributed by atoms with Crippen LogP contribution < -0.4 is 10.6 Å². The summed E-state index contributed by atoms with van der Waals surface area (Å²) in [5.74, 6) is -1.34. The van der Waals surface area contributed by atoms with Gasteiger partial charge in [0.1, 0.15) is 11.6 Å². The predicted octanol–water partition coefficient (Wildman–Crippen LogP) is 2.28. The Morgan fingerprint density at radius 1 is 1.12 bits per heavy atom. The molecule has 1 saturated carbocycles. The summed E-state index contributed by atoms with van der Waals surface area (Å²) < 4.78 is 29.2. The van der Waals surface area contributed by atoms with Gasteiger partial charge in [-0.25, -0.2) is 8.78 Å². The number of benzene rings is 1. The Hall–Kier alpha value is -1.53. The lowest BCUT2D eigenvalue weighted by Crippen LogP contribution is -2.57. The van der Waals surface area contributed by atoms with Crippen molar-refractivity contribution in [2.24, 2.45) is 0 Å². The molecule has 3 atom stereocenters. The summed E-state index contributed by atoms with van der Waals surface area (Å²) in [5, 5.41) is 6.77. The zero-order chi connectivity index (χ0) is 17.1. The summed E-state index contributed by atoms with van der Waals surface area (Å²) in [5.41, 5.74) is 1.33. The van der Waals surface area contributed by atoms with E-state index < -0.39 is 11.6 Å². The van der Waals surface area contributed by atoms with Crippen molar-refractivity contribution in [1.29, 1.82) is 0 Å². The molecule has 25 heavy (non-hydrogen) atoms. The van der Waals surface area contributed by atoms with E-state index in [-0.39, 0.29) is 23.4 Å². The number of halogens is 2. The van der Waals surface area contributed by atoms with Gasteiger partial charge in [-0.15, -0.1) is 0 Å². The number of amides is 1. The highest BCUT2D eigenvalue weighted by atomic mass is 19.1. The van der Waals surface area contributed by atoms with Gasteiger partial charge in [-0.2, -0.15) is 0 Å². The number of nitrogens with zero attached hydrogens (tertiary/aromatic N) is 1. The largest absolute Gasteiger partial charge is 0.330 e. The highest BCUT2D eigenvalue weighted by molar-refractivity contribution is 5.99. The van der Waals surface area contributed by atoms with Crippen LogP contribution in [0.25, 0.3) is 0 Å². The van der Waals surface area contributed by atoms with Crippen LogP contribution in [0.4, 0.5) is 8.78 Å². The molecule has 4 heterocycles. The van der Waals surface area contributed by atoms with Crippen LogP contribution in [0.2, 0.25) is 0 Å². The minimum atomic E-state index is -0.702. The quantitative estimate of drug-likeness (QED) is 0.863. The van der Waals surface area contributed by atoms with Gasteiger partial charge >= 0.3 is 0 Å². The van der Waals surface area contributed by atoms with E-state index in [2.05, 4.69) is 10.6 Å². The highest BCUT2D eigenvalue weighted by Crippen LogP contribution is 2.44. The molecule has 1 amide bonds. The number of carbonyl (C=O) groups excluding carboxylic acids is 1. The number of hydrogen-bond donors (Lipinski definition) is 2. The molecule has 5 aliphatic rings. The number of hydrogen-bond acceptors (Lipinski definition) is 3. The molecule has 2 N–H and O–H groups in total. The van der Waals surface area contributed by atoms with E-state index in [1.807, 2.05) is 0 Å². The van der Waals surface area contributed by atoms with E-state index in [9.17, 15) is 13.6 Å². The van der Waals surface area contributed by atoms with Crippen LogP contribution in [0.3, 0.4) is 0 Å². The molecule has 1 aliphatic carbocycles. The Morgan fingerprint density at radius 3 is 2.56 bits per heavy atom. The van der Waals surface area contributed by atoms with Crippen LogP contribution in [-0.2, 0) is 6.54 Å². The van der Waals surface area contributed by atoms with Gasteiger partial charge in [0.25, 0.3) is 5.91 Å². The lowest BCUT2D eigenvalue weighted by molar-refractivity contribution is 0.0671. The van der Waals surface area contributed by atoms with E-state index in [1.54, 1.807) is 4.90 Å². The first-order valence-electron chi connectivity index (χ1n) is 9.40. The number of fused-ring (bicyclic) bond motifs is 3. The fourth-order valence-corrected chi connectivity index (χ4v) is 5.30. The van der Waals surface area contributed by atoms with Crippen LogP contribution in [0.1, 0.15) is 59.5 Å². The van der Waals surface area contributed by atoms with Crippen molar-refractivity contribution in [3.8, 4) is 0 Å². The average molecular weight is 347 g/mol. The Labute approximate surface area is 146 Å². The molecule has 0 spiro atoms. The van der Waals surface area contributed by atoms with Gasteiger partial charge in [0.05, 0.1) is 5.56 Å². The molecule has 3 unspecified atom stereocenters. The van der Waals surface area contributed by atoms with Crippen molar-refractivity contribution in [2.75, 3.05) is 13.1 Å². The maximum atomic E-state index is 14.7. The van der Waals surface area contributed by atoms with Crippen molar-refractivity contribution in [1.82, 2.24) is 15.5 Å². The molecule has 6 heteroatoms. The summed E-state index contributed by atoms with van der Waals surface area (Å²) >= 11 is 0. The van der Waals surface area contributed by atoms with Gasteiger partial charge in [0.2, 0.25) is 0 Å². The maximum absolute atomic E-state index is 14.7. The Balaban J connectivity index is 1.52. The smallest absolute Gasteiger partial charge is 0.257 e. The monoisotopic (exact) mass is 347 g/mol. The average Bonchev–Trinajstić information content (AvgIpc) is 2.93. The van der Waals surface area contributed by atoms with Crippen LogP contribution in [0.15, 0.2) is 6.07 Å². The number of piperidine rings is 2. The summed E-state index contributed by atoms with van der Waals surface area (Å²) in [6.07, 6.45) is 4.84. The second-order valence-electron chi connectivity index (χ2n) is 8.01. The molecular formula is C19H23F2N3O. The Bertz CT molecular complexity index is 716. The van der Waals surface area contributed by atoms with Gasteiger partial charge in [-0.3, -0.25) is 4.79 Å². The van der Waals surface area contributed by atoms with Crippen LogP contribution in [0.5, 0.6) is 0 Å². The molecular weight excluding hydrogens is 324 g/mol. The first-order valence-corrected chi connectivity index (χ1v) is 9.40. The molecule has 3 saturated heterocycles. The fourth-order valence-electron chi connectivity index (χ4n) is 5.30. The van der Waals surface area contributed by atoms with Gasteiger partial charge in [0.15, 0.2) is 0 Å². The molecule has 1 aromatic carbocycles. The standard InChI is InChI=1S/C19H23F2N3O/c20-15-7-16(21)18-14(17(15)10-4-11-6-12(5-10)23-11)9-24(19(18)25)13-2-1-3-22-8-13/h7,10-13,22-23H,1-6,8-9H2. The molecule has 4 fully saturated rings. The molecule has 0 aromatic heterocycles. The van der Waals surface area contributed by atoms with Crippen molar-refractivity contribution in [2.45, 2.75) is 62.7 Å². The van der Waals surface area contributed by atoms with Gasteiger partial charge in [-0.05, 0) is 55.7 Å². The van der Waals surface area contributed by atoms with Gasteiger partial charge in [-0.1, -0.05) is 0 Å². The summed E-state index contributed by atoms with van der Waals surface area (Å²) in [6.45, 7) is 2.04. The minimum Gasteiger partial charge on any atom is -0.330 e. The van der Waals surface area contributed by atoms with E-state index in [0.29, 0.717) is 29.8 Å². The van der Waals surface area contributed by atoms with Gasteiger partial charge < -0.3 is 15.5 Å². The SMILES string of the molecule is O=C1c2c(F)cc(F)c(C3CC4CC(C3)N4)c2CN1C1CCCNC1. The van der Waals surface area contributed by atoms with Crippen LogP contribution in [0, 0.1) is 11.6 Å². The van der Waals surface area contributed by atoms with Crippen molar-refractivity contribution in [3.63, 3.8) is 0 Å². The molecule has 1 aromatic rings. The molecule has 4 aliphatic heterocycles. The minimum absolute atomic E-state index is 0.0744. The van der Waals surface area contributed by atoms with E-state index in [1.165, 1.54) is 0 Å². The van der Waals surface area contributed by atoms with Crippen LogP contribution >= 0.6 is 0 Å². The lowest BCUT2D eigenvalue weighted by atomic mass is 9.72. The van der Waals surface area contributed by atoms with Crippen molar-refractivity contribution < 1.29 is 13.6 Å². The number of nitrogens with one attached hydrogen (secondary N) is 2. The topological polar surface area (TPSA) is 44.4 Å². The predicted molar refractivity (Wildman–Crippen MR) is 89.4 cm³/mol. The van der Waals surface area contributed by atoms with E-state index in [0.717, 1.165) is 51.3 Å². The van der Waals surface area contributed by atoms with Crippen LogP contribution in [-0.4, -0.2) is 42.0 Å². The van der Waals surface area contributed by atoms with Crippen molar-refractivity contribution in [3.05, 3.63) is 34.4 Å².